The Bertz CT molecular complexity index is 721. The lowest BCUT2D eigenvalue weighted by Gasteiger charge is -2.13. The van der Waals surface area contributed by atoms with Gasteiger partial charge in [-0.05, 0) is 31.6 Å². The van der Waals surface area contributed by atoms with Gasteiger partial charge in [0.2, 0.25) is 0 Å². The quantitative estimate of drug-likeness (QED) is 0.273. The van der Waals surface area contributed by atoms with E-state index < -0.39 is 22.2 Å². The maximum Gasteiger partial charge on any atom is 0.303 e. The van der Waals surface area contributed by atoms with Gasteiger partial charge in [-0.15, -0.1) is 6.58 Å². The van der Waals surface area contributed by atoms with Crippen molar-refractivity contribution in [3.8, 4) is 0 Å². The Morgan fingerprint density at radius 1 is 1.11 bits per heavy atom. The van der Waals surface area contributed by atoms with Gasteiger partial charge in [0, 0.05) is 13.8 Å². The average Bonchev–Trinajstić information content (AvgIpc) is 2.59. The molecule has 8 heteroatoms. The second kappa shape index (κ2) is 12.8. The van der Waals surface area contributed by atoms with Crippen LogP contribution in [-0.2, 0) is 33.4 Å². The highest BCUT2D eigenvalue weighted by molar-refractivity contribution is 7.86. The second-order valence-corrected chi connectivity index (χ2v) is 6.97. The van der Waals surface area contributed by atoms with Crippen LogP contribution in [0.15, 0.2) is 54.5 Å². The summed E-state index contributed by atoms with van der Waals surface area (Å²) in [5.41, 5.74) is 0.947. The van der Waals surface area contributed by atoms with Gasteiger partial charge in [-0.25, -0.2) is 0 Å². The van der Waals surface area contributed by atoms with Crippen molar-refractivity contribution in [3.63, 3.8) is 0 Å². The van der Waals surface area contributed by atoms with E-state index in [4.69, 9.17) is 8.92 Å². The van der Waals surface area contributed by atoms with E-state index in [2.05, 4.69) is 17.9 Å². The Labute approximate surface area is 160 Å². The summed E-state index contributed by atoms with van der Waals surface area (Å²) >= 11 is 0. The van der Waals surface area contributed by atoms with Crippen LogP contribution in [0.2, 0.25) is 0 Å². The van der Waals surface area contributed by atoms with E-state index in [0.29, 0.717) is 6.61 Å². The zero-order valence-electron chi connectivity index (χ0n) is 15.8. The monoisotopic (exact) mass is 398 g/mol. The SMILES string of the molecule is C=CC(COS(=O)(=O)c1ccc(C)cc1)OC(C)=O.C=CCCOC(C)=O. The summed E-state index contributed by atoms with van der Waals surface area (Å²) in [6, 6.07) is 6.26. The second-order valence-electron chi connectivity index (χ2n) is 5.35. The summed E-state index contributed by atoms with van der Waals surface area (Å²) in [6.45, 7) is 11.6. The van der Waals surface area contributed by atoms with Gasteiger partial charge in [-0.3, -0.25) is 13.8 Å². The zero-order chi connectivity index (χ0) is 20.9. The van der Waals surface area contributed by atoms with Crippen molar-refractivity contribution < 1.29 is 31.7 Å². The van der Waals surface area contributed by atoms with Gasteiger partial charge in [0.25, 0.3) is 10.1 Å². The molecule has 0 aromatic heterocycles. The van der Waals surface area contributed by atoms with E-state index >= 15 is 0 Å². The molecule has 0 spiro atoms. The van der Waals surface area contributed by atoms with Crippen molar-refractivity contribution in [2.24, 2.45) is 0 Å². The first-order valence-corrected chi connectivity index (χ1v) is 9.53. The van der Waals surface area contributed by atoms with E-state index in [1.54, 1.807) is 18.2 Å². The molecule has 1 aromatic rings. The van der Waals surface area contributed by atoms with Crippen LogP contribution in [0.5, 0.6) is 0 Å². The molecule has 0 aliphatic carbocycles. The average molecular weight is 398 g/mol. The minimum absolute atomic E-state index is 0.0590. The molecule has 1 unspecified atom stereocenters. The summed E-state index contributed by atoms with van der Waals surface area (Å²) in [7, 11) is -3.86. The normalized spacial score (nSPS) is 11.4. The van der Waals surface area contributed by atoms with Crippen molar-refractivity contribution in [1.29, 1.82) is 0 Å². The number of ether oxygens (including phenoxy) is 2. The van der Waals surface area contributed by atoms with Crippen molar-refractivity contribution in [2.75, 3.05) is 13.2 Å². The Kier molecular flexibility index (Phi) is 11.7. The van der Waals surface area contributed by atoms with Crippen LogP contribution >= 0.6 is 0 Å². The number of rotatable bonds is 9. The third-order valence-corrected chi connectivity index (χ3v) is 4.20. The summed E-state index contributed by atoms with van der Waals surface area (Å²) in [5, 5.41) is 0. The van der Waals surface area contributed by atoms with Gasteiger partial charge in [-0.1, -0.05) is 30.4 Å². The molecule has 0 saturated heterocycles. The Morgan fingerprint density at radius 2 is 1.70 bits per heavy atom. The number of carbonyl (C=O) groups excluding carboxylic acids is 2. The van der Waals surface area contributed by atoms with Crippen LogP contribution in [0, 0.1) is 6.92 Å². The standard InChI is InChI=1S/C13H16O5S.C6H10O2/c1-4-12(18-11(3)14)9-17-19(15,16)13-7-5-10(2)6-8-13;1-3-4-5-8-6(2)7/h4-8,12H,1,9H2,2-3H3;3H,1,4-5H2,2H3. The van der Waals surface area contributed by atoms with Crippen molar-refractivity contribution in [3.05, 3.63) is 55.1 Å². The topological polar surface area (TPSA) is 96.0 Å². The molecule has 0 radical (unpaired) electrons. The third kappa shape index (κ3) is 11.7. The number of benzene rings is 1. The summed E-state index contributed by atoms with van der Waals surface area (Å²) < 4.78 is 37.9. The van der Waals surface area contributed by atoms with Crippen LogP contribution in [-0.4, -0.2) is 39.7 Å². The number of carbonyl (C=O) groups is 2. The highest BCUT2D eigenvalue weighted by Gasteiger charge is 2.18. The maximum atomic E-state index is 11.9. The lowest BCUT2D eigenvalue weighted by molar-refractivity contribution is -0.145. The molecule has 0 amide bonds. The Balaban J connectivity index is 0.000000713. The Morgan fingerprint density at radius 3 is 2.15 bits per heavy atom. The molecule has 27 heavy (non-hydrogen) atoms. The predicted octanol–water partition coefficient (Wildman–Crippen LogP) is 2.94. The van der Waals surface area contributed by atoms with E-state index in [1.807, 2.05) is 6.92 Å². The first-order valence-electron chi connectivity index (χ1n) is 8.12. The molecule has 0 saturated carbocycles. The van der Waals surface area contributed by atoms with Crippen LogP contribution in [0.25, 0.3) is 0 Å². The maximum absolute atomic E-state index is 11.9. The molecule has 0 N–H and O–H groups in total. The number of hydrogen-bond acceptors (Lipinski definition) is 7. The van der Waals surface area contributed by atoms with E-state index in [9.17, 15) is 18.0 Å². The minimum atomic E-state index is -3.86. The van der Waals surface area contributed by atoms with Crippen molar-refractivity contribution in [1.82, 2.24) is 0 Å². The molecule has 1 rings (SSSR count). The molecule has 0 bridgehead atoms. The molecular weight excluding hydrogens is 372 g/mol. The number of aryl methyl sites for hydroxylation is 1. The van der Waals surface area contributed by atoms with Crippen LogP contribution < -0.4 is 0 Å². The van der Waals surface area contributed by atoms with Crippen molar-refractivity contribution >= 4 is 22.1 Å². The van der Waals surface area contributed by atoms with Gasteiger partial charge in [-0.2, -0.15) is 8.42 Å². The lowest BCUT2D eigenvalue weighted by atomic mass is 10.2. The fraction of sp³-hybridized carbons (Fsp3) is 0.368. The van der Waals surface area contributed by atoms with Crippen LogP contribution in [0.4, 0.5) is 0 Å². The van der Waals surface area contributed by atoms with Gasteiger partial charge >= 0.3 is 11.9 Å². The molecule has 1 aromatic carbocycles. The van der Waals surface area contributed by atoms with E-state index in [1.165, 1.54) is 32.1 Å². The molecule has 1 atom stereocenters. The molecule has 150 valence electrons. The fourth-order valence-corrected chi connectivity index (χ4v) is 2.50. The molecule has 0 aliphatic rings. The smallest absolute Gasteiger partial charge is 0.303 e. The molecular formula is C19H26O7S. The van der Waals surface area contributed by atoms with Gasteiger partial charge in [0.1, 0.15) is 12.7 Å². The highest BCUT2D eigenvalue weighted by atomic mass is 32.2. The molecule has 0 heterocycles. The van der Waals surface area contributed by atoms with Crippen LogP contribution in [0.1, 0.15) is 25.8 Å². The number of esters is 2. The summed E-state index contributed by atoms with van der Waals surface area (Å²) in [5.74, 6) is -0.756. The van der Waals surface area contributed by atoms with Crippen molar-refractivity contribution in [2.45, 2.75) is 38.2 Å². The lowest BCUT2D eigenvalue weighted by Crippen LogP contribution is -2.22. The summed E-state index contributed by atoms with van der Waals surface area (Å²) in [6.07, 6.45) is 2.96. The largest absolute Gasteiger partial charge is 0.466 e. The highest BCUT2D eigenvalue weighted by Crippen LogP contribution is 2.14. The molecule has 7 nitrogen and oxygen atoms in total. The molecule has 0 fully saturated rings. The van der Waals surface area contributed by atoms with Crippen LogP contribution in [0.3, 0.4) is 0 Å². The van der Waals surface area contributed by atoms with Gasteiger partial charge < -0.3 is 9.47 Å². The third-order valence-electron chi connectivity index (χ3n) is 2.90. The Hall–Kier alpha value is -2.45. The number of hydrogen-bond donors (Lipinski definition) is 0. The van der Waals surface area contributed by atoms with Gasteiger partial charge in [0.15, 0.2) is 0 Å². The summed E-state index contributed by atoms with van der Waals surface area (Å²) in [4.78, 5) is 20.9. The first kappa shape index (κ1) is 24.6. The molecule has 0 aliphatic heterocycles. The first-order chi connectivity index (χ1) is 12.6. The van der Waals surface area contributed by atoms with E-state index in [-0.39, 0.29) is 17.5 Å². The fourth-order valence-electron chi connectivity index (χ4n) is 1.58. The van der Waals surface area contributed by atoms with E-state index in [0.717, 1.165) is 12.0 Å². The zero-order valence-corrected chi connectivity index (χ0v) is 16.7. The van der Waals surface area contributed by atoms with Gasteiger partial charge in [0.05, 0.1) is 11.5 Å². The predicted molar refractivity (Wildman–Crippen MR) is 102 cm³/mol. The minimum Gasteiger partial charge on any atom is -0.466 e.